The highest BCUT2D eigenvalue weighted by Crippen LogP contribution is 2.34. The summed E-state index contributed by atoms with van der Waals surface area (Å²) >= 11 is 5.81. The molecule has 0 amide bonds. The third kappa shape index (κ3) is 4.21. The van der Waals surface area contributed by atoms with Crippen molar-refractivity contribution in [1.29, 1.82) is 0 Å². The Labute approximate surface area is 113 Å². The number of methoxy groups -OCH3 is 1. The van der Waals surface area contributed by atoms with Gasteiger partial charge in [-0.25, -0.2) is 9.97 Å². The third-order valence-corrected chi connectivity index (χ3v) is 2.83. The van der Waals surface area contributed by atoms with E-state index in [2.05, 4.69) is 9.97 Å². The highest BCUT2D eigenvalue weighted by Gasteiger charge is 2.39. The van der Waals surface area contributed by atoms with E-state index in [0.717, 1.165) is 12.8 Å². The van der Waals surface area contributed by atoms with E-state index in [-0.39, 0.29) is 29.4 Å². The standard InChI is InChI=1S/C11H13ClF3N3O/c1-19-5-9-16-8(12)4-10(17-9)18(7-2-3-7)6-11(13,14)15/h4,7H,2-3,5-6H2,1H3. The van der Waals surface area contributed by atoms with Crippen molar-refractivity contribution in [1.82, 2.24) is 9.97 Å². The molecule has 2 rings (SSSR count). The Morgan fingerprint density at radius 3 is 2.63 bits per heavy atom. The summed E-state index contributed by atoms with van der Waals surface area (Å²) in [6.07, 6.45) is -2.81. The Morgan fingerprint density at radius 2 is 2.11 bits per heavy atom. The van der Waals surface area contributed by atoms with Crippen molar-refractivity contribution in [3.8, 4) is 0 Å². The van der Waals surface area contributed by atoms with Crippen LogP contribution in [0.15, 0.2) is 6.07 Å². The molecule has 106 valence electrons. The first-order valence-electron chi connectivity index (χ1n) is 5.75. The zero-order valence-electron chi connectivity index (χ0n) is 10.2. The lowest BCUT2D eigenvalue weighted by Gasteiger charge is -2.25. The maximum absolute atomic E-state index is 12.6. The number of hydrogen-bond acceptors (Lipinski definition) is 4. The van der Waals surface area contributed by atoms with Crippen LogP contribution in [0.25, 0.3) is 0 Å². The zero-order chi connectivity index (χ0) is 14.0. The first-order chi connectivity index (χ1) is 8.89. The van der Waals surface area contributed by atoms with E-state index in [4.69, 9.17) is 16.3 Å². The van der Waals surface area contributed by atoms with Gasteiger partial charge in [-0.1, -0.05) is 11.6 Å². The van der Waals surface area contributed by atoms with Crippen LogP contribution >= 0.6 is 11.6 Å². The SMILES string of the molecule is COCc1nc(Cl)cc(N(CC(F)(F)F)C2CC2)n1. The van der Waals surface area contributed by atoms with Crippen LogP contribution < -0.4 is 4.90 Å². The van der Waals surface area contributed by atoms with E-state index in [9.17, 15) is 13.2 Å². The van der Waals surface area contributed by atoms with Crippen LogP contribution in [-0.4, -0.2) is 35.8 Å². The molecule has 0 N–H and O–H groups in total. The summed E-state index contributed by atoms with van der Waals surface area (Å²) < 4.78 is 42.6. The second-order valence-electron chi connectivity index (χ2n) is 4.37. The molecule has 8 heteroatoms. The van der Waals surface area contributed by atoms with Crippen LogP contribution in [0.3, 0.4) is 0 Å². The Morgan fingerprint density at radius 1 is 1.42 bits per heavy atom. The van der Waals surface area contributed by atoms with Crippen molar-refractivity contribution in [2.75, 3.05) is 18.6 Å². The average molecular weight is 296 g/mol. The first kappa shape index (κ1) is 14.3. The molecule has 0 spiro atoms. The summed E-state index contributed by atoms with van der Waals surface area (Å²) in [5.74, 6) is 0.477. The molecule has 0 atom stereocenters. The monoisotopic (exact) mass is 295 g/mol. The quantitative estimate of drug-likeness (QED) is 0.783. The van der Waals surface area contributed by atoms with Gasteiger partial charge in [0.05, 0.1) is 0 Å². The molecule has 1 aliphatic carbocycles. The summed E-state index contributed by atoms with van der Waals surface area (Å²) in [6.45, 7) is -0.921. The van der Waals surface area contributed by atoms with Gasteiger partial charge in [0.1, 0.15) is 24.1 Å². The van der Waals surface area contributed by atoms with Gasteiger partial charge < -0.3 is 9.64 Å². The zero-order valence-corrected chi connectivity index (χ0v) is 11.0. The molecular weight excluding hydrogens is 283 g/mol. The molecule has 0 radical (unpaired) electrons. The van der Waals surface area contributed by atoms with E-state index in [0.29, 0.717) is 0 Å². The molecule has 4 nitrogen and oxygen atoms in total. The number of halogens is 4. The lowest BCUT2D eigenvalue weighted by Crippen LogP contribution is -2.36. The van der Waals surface area contributed by atoms with Gasteiger partial charge in [0.25, 0.3) is 0 Å². The molecule has 0 bridgehead atoms. The van der Waals surface area contributed by atoms with Crippen molar-refractivity contribution in [2.24, 2.45) is 0 Å². The van der Waals surface area contributed by atoms with Gasteiger partial charge in [0.2, 0.25) is 0 Å². The predicted molar refractivity (Wildman–Crippen MR) is 64.2 cm³/mol. The molecule has 1 aliphatic rings. The van der Waals surface area contributed by atoms with E-state index < -0.39 is 12.7 Å². The molecule has 1 aromatic rings. The van der Waals surface area contributed by atoms with Crippen molar-refractivity contribution in [2.45, 2.75) is 31.7 Å². The molecule has 0 aliphatic heterocycles. The van der Waals surface area contributed by atoms with Gasteiger partial charge in [-0.2, -0.15) is 13.2 Å². The maximum Gasteiger partial charge on any atom is 0.405 e. The van der Waals surface area contributed by atoms with Gasteiger partial charge in [-0.15, -0.1) is 0 Å². The van der Waals surface area contributed by atoms with Crippen molar-refractivity contribution in [3.05, 3.63) is 17.0 Å². The first-order valence-corrected chi connectivity index (χ1v) is 6.12. The minimum Gasteiger partial charge on any atom is -0.377 e. The van der Waals surface area contributed by atoms with Gasteiger partial charge in [0, 0.05) is 19.2 Å². The summed E-state index contributed by atoms with van der Waals surface area (Å²) in [7, 11) is 1.46. The Hall–Kier alpha value is -1.08. The summed E-state index contributed by atoms with van der Waals surface area (Å²) in [6, 6.07) is 1.23. The number of alkyl halides is 3. The van der Waals surface area contributed by atoms with Crippen LogP contribution in [0.5, 0.6) is 0 Å². The van der Waals surface area contributed by atoms with Crippen LogP contribution in [0.1, 0.15) is 18.7 Å². The fraction of sp³-hybridized carbons (Fsp3) is 0.636. The fourth-order valence-corrected chi connectivity index (χ4v) is 1.96. The lowest BCUT2D eigenvalue weighted by atomic mass is 10.4. The number of rotatable bonds is 5. The van der Waals surface area contributed by atoms with Crippen molar-refractivity contribution >= 4 is 17.4 Å². The van der Waals surface area contributed by atoms with Crippen molar-refractivity contribution < 1.29 is 17.9 Å². The molecule has 19 heavy (non-hydrogen) atoms. The number of hydrogen-bond donors (Lipinski definition) is 0. The summed E-state index contributed by atoms with van der Waals surface area (Å²) in [5.41, 5.74) is 0. The Kier molecular flexibility index (Phi) is 4.15. The van der Waals surface area contributed by atoms with E-state index >= 15 is 0 Å². The van der Waals surface area contributed by atoms with Crippen LogP contribution in [0.2, 0.25) is 5.15 Å². The minimum atomic E-state index is -4.28. The average Bonchev–Trinajstić information content (AvgIpc) is 3.08. The highest BCUT2D eigenvalue weighted by atomic mass is 35.5. The smallest absolute Gasteiger partial charge is 0.377 e. The normalized spacial score (nSPS) is 15.6. The number of aromatic nitrogens is 2. The minimum absolute atomic E-state index is 0.109. The van der Waals surface area contributed by atoms with Gasteiger partial charge in [-0.05, 0) is 12.8 Å². The van der Waals surface area contributed by atoms with Crippen LogP contribution in [0.4, 0.5) is 19.0 Å². The Bertz CT molecular complexity index is 451. The van der Waals surface area contributed by atoms with E-state index in [1.54, 1.807) is 0 Å². The molecule has 1 fully saturated rings. The number of nitrogens with zero attached hydrogens (tertiary/aromatic N) is 3. The van der Waals surface area contributed by atoms with Gasteiger partial charge in [0.15, 0.2) is 5.82 Å². The molecule has 1 saturated carbocycles. The van der Waals surface area contributed by atoms with E-state index in [1.165, 1.54) is 18.1 Å². The molecule has 1 aromatic heterocycles. The summed E-state index contributed by atoms with van der Waals surface area (Å²) in [5, 5.41) is 0.116. The van der Waals surface area contributed by atoms with Gasteiger partial charge in [-0.3, -0.25) is 0 Å². The fourth-order valence-electron chi connectivity index (χ4n) is 1.77. The topological polar surface area (TPSA) is 38.2 Å². The molecule has 0 saturated heterocycles. The Balaban J connectivity index is 2.25. The number of ether oxygens (including phenoxy) is 1. The maximum atomic E-state index is 12.6. The van der Waals surface area contributed by atoms with Crippen LogP contribution in [-0.2, 0) is 11.3 Å². The van der Waals surface area contributed by atoms with Gasteiger partial charge >= 0.3 is 6.18 Å². The van der Waals surface area contributed by atoms with Crippen LogP contribution in [0, 0.1) is 0 Å². The highest BCUT2D eigenvalue weighted by molar-refractivity contribution is 6.29. The lowest BCUT2D eigenvalue weighted by molar-refractivity contribution is -0.120. The summed E-state index contributed by atoms with van der Waals surface area (Å²) in [4.78, 5) is 9.21. The molecule has 0 unspecified atom stereocenters. The second kappa shape index (κ2) is 5.50. The third-order valence-electron chi connectivity index (χ3n) is 2.63. The number of anilines is 1. The second-order valence-corrected chi connectivity index (χ2v) is 4.76. The predicted octanol–water partition coefficient (Wildman–Crippen LogP) is 2.81. The van der Waals surface area contributed by atoms with E-state index in [1.807, 2.05) is 0 Å². The molecule has 0 aromatic carbocycles. The van der Waals surface area contributed by atoms with Crippen molar-refractivity contribution in [3.63, 3.8) is 0 Å². The molecule has 1 heterocycles. The largest absolute Gasteiger partial charge is 0.405 e. The molecular formula is C11H13ClF3N3O.